The number of aliphatic imine (C=N–C) groups is 1. The highest BCUT2D eigenvalue weighted by molar-refractivity contribution is 7.86. The first kappa shape index (κ1) is 13.6. The van der Waals surface area contributed by atoms with E-state index in [0.717, 1.165) is 11.8 Å². The Kier molecular flexibility index (Phi) is 3.87. The minimum atomic E-state index is -3.56. The molecule has 1 unspecified atom stereocenters. The van der Waals surface area contributed by atoms with Crippen molar-refractivity contribution in [3.05, 3.63) is 42.0 Å². The monoisotopic (exact) mass is 281 g/mol. The van der Waals surface area contributed by atoms with Crippen molar-refractivity contribution in [2.75, 3.05) is 12.8 Å². The average molecular weight is 281 g/mol. The van der Waals surface area contributed by atoms with E-state index in [1.165, 1.54) is 0 Å². The number of nitrogens with two attached hydrogens (primary N) is 1. The molecule has 102 valence electrons. The minimum Gasteiger partial charge on any atom is -0.384 e. The van der Waals surface area contributed by atoms with Gasteiger partial charge < -0.3 is 11.1 Å². The molecule has 0 amide bonds. The van der Waals surface area contributed by atoms with Gasteiger partial charge >= 0.3 is 0 Å². The highest BCUT2D eigenvalue weighted by Gasteiger charge is 2.19. The first-order valence-electron chi connectivity index (χ1n) is 5.66. The Labute approximate surface area is 112 Å². The van der Waals surface area contributed by atoms with E-state index in [1.54, 1.807) is 6.08 Å². The van der Waals surface area contributed by atoms with Crippen molar-refractivity contribution in [2.24, 2.45) is 10.7 Å². The van der Waals surface area contributed by atoms with Crippen LogP contribution in [0.1, 0.15) is 5.56 Å². The van der Waals surface area contributed by atoms with E-state index in [1.807, 2.05) is 30.3 Å². The van der Waals surface area contributed by atoms with Crippen molar-refractivity contribution in [3.8, 4) is 0 Å². The van der Waals surface area contributed by atoms with Gasteiger partial charge in [-0.15, -0.1) is 0 Å². The standard InChI is InChI=1S/C12H15N3O3S/c1-19(16,17)18-12-8-14-11(13)7-10(15-12)9-5-3-2-4-6-9/h2-7,12,15H,8H2,1H3,(H2,13,14). The fourth-order valence-electron chi connectivity index (χ4n) is 1.69. The van der Waals surface area contributed by atoms with Gasteiger partial charge in [0, 0.05) is 11.8 Å². The lowest BCUT2D eigenvalue weighted by atomic mass is 10.1. The van der Waals surface area contributed by atoms with E-state index in [9.17, 15) is 8.42 Å². The molecule has 0 fully saturated rings. The predicted molar refractivity (Wildman–Crippen MR) is 73.8 cm³/mol. The van der Waals surface area contributed by atoms with Crippen molar-refractivity contribution in [3.63, 3.8) is 0 Å². The van der Waals surface area contributed by atoms with Gasteiger partial charge in [-0.2, -0.15) is 8.42 Å². The number of rotatable bonds is 3. The minimum absolute atomic E-state index is 0.131. The Morgan fingerprint density at radius 1 is 1.37 bits per heavy atom. The van der Waals surface area contributed by atoms with Gasteiger partial charge in [0.25, 0.3) is 10.1 Å². The molecule has 19 heavy (non-hydrogen) atoms. The molecule has 0 radical (unpaired) electrons. The molecule has 6 nitrogen and oxygen atoms in total. The largest absolute Gasteiger partial charge is 0.384 e. The van der Waals surface area contributed by atoms with Crippen LogP contribution in [-0.4, -0.2) is 33.3 Å². The summed E-state index contributed by atoms with van der Waals surface area (Å²) in [4.78, 5) is 4.03. The van der Waals surface area contributed by atoms with E-state index in [0.29, 0.717) is 11.5 Å². The van der Waals surface area contributed by atoms with Gasteiger partial charge in [0.1, 0.15) is 5.84 Å². The lowest BCUT2D eigenvalue weighted by Crippen LogP contribution is -2.34. The molecule has 0 bridgehead atoms. The molecule has 0 spiro atoms. The molecular weight excluding hydrogens is 266 g/mol. The van der Waals surface area contributed by atoms with Crippen LogP contribution in [0.3, 0.4) is 0 Å². The van der Waals surface area contributed by atoms with Gasteiger partial charge in [0.15, 0.2) is 6.23 Å². The molecule has 7 heteroatoms. The molecule has 2 rings (SSSR count). The first-order chi connectivity index (χ1) is 8.94. The SMILES string of the molecule is CS(=O)(=O)OC1CN=C(N)C=C(c2ccccc2)N1. The third kappa shape index (κ3) is 4.08. The van der Waals surface area contributed by atoms with Crippen LogP contribution in [0.5, 0.6) is 0 Å². The number of benzene rings is 1. The predicted octanol–water partition coefficient (Wildman–Crippen LogP) is 0.290. The van der Waals surface area contributed by atoms with Gasteiger partial charge in [-0.25, -0.2) is 4.18 Å². The number of hydrogen-bond donors (Lipinski definition) is 2. The number of amidine groups is 1. The molecule has 0 aromatic heterocycles. The number of hydrogen-bond acceptors (Lipinski definition) is 6. The maximum Gasteiger partial charge on any atom is 0.266 e. The second kappa shape index (κ2) is 5.41. The van der Waals surface area contributed by atoms with Crippen LogP contribution in [0, 0.1) is 0 Å². The van der Waals surface area contributed by atoms with E-state index in [4.69, 9.17) is 9.92 Å². The van der Waals surface area contributed by atoms with Crippen LogP contribution in [0.15, 0.2) is 41.4 Å². The summed E-state index contributed by atoms with van der Waals surface area (Å²) < 4.78 is 27.3. The highest BCUT2D eigenvalue weighted by Crippen LogP contribution is 2.14. The summed E-state index contributed by atoms with van der Waals surface area (Å²) in [5, 5.41) is 2.98. The molecule has 1 heterocycles. The summed E-state index contributed by atoms with van der Waals surface area (Å²) in [7, 11) is -3.56. The summed E-state index contributed by atoms with van der Waals surface area (Å²) in [6.07, 6.45) is 1.89. The van der Waals surface area contributed by atoms with Gasteiger partial charge in [0.05, 0.1) is 12.8 Å². The van der Waals surface area contributed by atoms with Crippen LogP contribution in [0.4, 0.5) is 0 Å². The Morgan fingerprint density at radius 3 is 2.68 bits per heavy atom. The maximum atomic E-state index is 11.2. The van der Waals surface area contributed by atoms with Crippen molar-refractivity contribution < 1.29 is 12.6 Å². The topological polar surface area (TPSA) is 93.8 Å². The molecule has 3 N–H and O–H groups in total. The number of nitrogens with zero attached hydrogens (tertiary/aromatic N) is 1. The summed E-state index contributed by atoms with van der Waals surface area (Å²) in [5.41, 5.74) is 7.27. The molecule has 0 aliphatic carbocycles. The number of nitrogens with one attached hydrogen (secondary N) is 1. The first-order valence-corrected chi connectivity index (χ1v) is 7.47. The molecule has 1 aromatic carbocycles. The van der Waals surface area contributed by atoms with Gasteiger partial charge in [0.2, 0.25) is 0 Å². The van der Waals surface area contributed by atoms with Crippen molar-refractivity contribution in [1.82, 2.24) is 5.32 Å². The average Bonchev–Trinajstić information content (AvgIpc) is 2.51. The van der Waals surface area contributed by atoms with E-state index in [2.05, 4.69) is 10.3 Å². The quantitative estimate of drug-likeness (QED) is 0.777. The Morgan fingerprint density at radius 2 is 2.05 bits per heavy atom. The van der Waals surface area contributed by atoms with Crippen molar-refractivity contribution in [2.45, 2.75) is 6.23 Å². The fraction of sp³-hybridized carbons (Fsp3) is 0.250. The summed E-state index contributed by atoms with van der Waals surface area (Å²) in [6, 6.07) is 9.41. The summed E-state index contributed by atoms with van der Waals surface area (Å²) in [5.74, 6) is 0.325. The van der Waals surface area contributed by atoms with Gasteiger partial charge in [-0.3, -0.25) is 4.99 Å². The summed E-state index contributed by atoms with van der Waals surface area (Å²) >= 11 is 0. The van der Waals surface area contributed by atoms with Crippen LogP contribution < -0.4 is 11.1 Å². The normalized spacial score (nSPS) is 19.9. The zero-order valence-corrected chi connectivity index (χ0v) is 11.2. The fourth-order valence-corrected chi connectivity index (χ4v) is 2.22. The van der Waals surface area contributed by atoms with Crippen LogP contribution in [0.2, 0.25) is 0 Å². The molecular formula is C12H15N3O3S. The third-order valence-corrected chi connectivity index (χ3v) is 3.01. The molecule has 1 aliphatic heterocycles. The van der Waals surface area contributed by atoms with Crippen molar-refractivity contribution in [1.29, 1.82) is 0 Å². The second-order valence-corrected chi connectivity index (χ2v) is 5.72. The molecule has 1 aliphatic rings. The highest BCUT2D eigenvalue weighted by atomic mass is 32.2. The smallest absolute Gasteiger partial charge is 0.266 e. The maximum absolute atomic E-state index is 11.2. The lowest BCUT2D eigenvalue weighted by Gasteiger charge is -2.17. The van der Waals surface area contributed by atoms with Gasteiger partial charge in [-0.1, -0.05) is 30.3 Å². The molecule has 1 atom stereocenters. The van der Waals surface area contributed by atoms with Crippen molar-refractivity contribution >= 4 is 21.7 Å². The molecule has 1 aromatic rings. The Balaban J connectivity index is 2.26. The molecule has 0 saturated carbocycles. The second-order valence-electron chi connectivity index (χ2n) is 4.12. The third-order valence-electron chi connectivity index (χ3n) is 2.42. The van der Waals surface area contributed by atoms with Crippen LogP contribution in [0.25, 0.3) is 5.70 Å². The Bertz CT molecular complexity index is 608. The van der Waals surface area contributed by atoms with Gasteiger partial charge in [-0.05, 0) is 5.56 Å². The zero-order chi connectivity index (χ0) is 13.9. The Hall–Kier alpha value is -1.86. The van der Waals surface area contributed by atoms with Crippen LogP contribution in [-0.2, 0) is 14.3 Å². The van der Waals surface area contributed by atoms with E-state index >= 15 is 0 Å². The van der Waals surface area contributed by atoms with E-state index in [-0.39, 0.29) is 6.54 Å². The van der Waals surface area contributed by atoms with Crippen LogP contribution >= 0.6 is 0 Å². The van der Waals surface area contributed by atoms with E-state index < -0.39 is 16.3 Å². The molecule has 0 saturated heterocycles. The summed E-state index contributed by atoms with van der Waals surface area (Å²) in [6.45, 7) is 0.131. The lowest BCUT2D eigenvalue weighted by molar-refractivity contribution is 0.203. The zero-order valence-electron chi connectivity index (χ0n) is 10.4.